The van der Waals surface area contributed by atoms with E-state index < -0.39 is 17.2 Å². The highest BCUT2D eigenvalue weighted by molar-refractivity contribution is 14.0. The van der Waals surface area contributed by atoms with Crippen molar-refractivity contribution in [2.45, 2.75) is 31.9 Å². The standard InChI is InChI=1S/C19H29F3N4O.HI/c1-18(2,15-5-3-6-16(13-15)19(20,21)22)14-25-17(23)24-7-4-8-26-9-11-27-12-10-26;/h3,5-6,13H,4,7-12,14H2,1-2H3,(H3,23,24,25);1H. The smallest absolute Gasteiger partial charge is 0.379 e. The molecule has 3 N–H and O–H groups in total. The number of hydrogen-bond acceptors (Lipinski definition) is 3. The Balaban J connectivity index is 0.00000392. The first-order valence-electron chi connectivity index (χ1n) is 9.20. The number of halogens is 4. The van der Waals surface area contributed by atoms with Crippen molar-refractivity contribution in [2.24, 2.45) is 10.7 Å². The Morgan fingerprint density at radius 2 is 1.86 bits per heavy atom. The topological polar surface area (TPSA) is 62.9 Å². The molecule has 0 bridgehead atoms. The van der Waals surface area contributed by atoms with Gasteiger partial charge in [-0.25, -0.2) is 0 Å². The summed E-state index contributed by atoms with van der Waals surface area (Å²) in [6.45, 7) is 9.16. The van der Waals surface area contributed by atoms with E-state index in [9.17, 15) is 13.2 Å². The molecule has 5 nitrogen and oxygen atoms in total. The maximum atomic E-state index is 12.9. The molecule has 1 aromatic rings. The number of rotatable bonds is 7. The summed E-state index contributed by atoms with van der Waals surface area (Å²) in [5.41, 5.74) is 5.29. The van der Waals surface area contributed by atoms with Crippen LogP contribution in [0.4, 0.5) is 13.2 Å². The van der Waals surface area contributed by atoms with E-state index >= 15 is 0 Å². The third-order valence-corrected chi connectivity index (χ3v) is 4.68. The highest BCUT2D eigenvalue weighted by Gasteiger charge is 2.32. The molecule has 160 valence electrons. The van der Waals surface area contributed by atoms with E-state index in [-0.39, 0.29) is 24.0 Å². The van der Waals surface area contributed by atoms with Crippen molar-refractivity contribution in [3.05, 3.63) is 35.4 Å². The summed E-state index contributed by atoms with van der Waals surface area (Å²) >= 11 is 0. The van der Waals surface area contributed by atoms with Gasteiger partial charge in [0.1, 0.15) is 0 Å². The monoisotopic (exact) mass is 514 g/mol. The van der Waals surface area contributed by atoms with E-state index in [0.717, 1.165) is 45.3 Å². The first-order valence-corrected chi connectivity index (χ1v) is 9.20. The minimum atomic E-state index is -4.35. The van der Waals surface area contributed by atoms with Crippen LogP contribution in [-0.2, 0) is 16.3 Å². The van der Waals surface area contributed by atoms with Gasteiger partial charge in [0.15, 0.2) is 5.96 Å². The quantitative estimate of drug-likeness (QED) is 0.254. The van der Waals surface area contributed by atoms with Gasteiger partial charge in [-0.2, -0.15) is 13.2 Å². The molecule has 0 aliphatic carbocycles. The molecule has 0 aromatic heterocycles. The molecule has 0 radical (unpaired) electrons. The Morgan fingerprint density at radius 3 is 2.50 bits per heavy atom. The number of hydrogen-bond donors (Lipinski definition) is 2. The fourth-order valence-electron chi connectivity index (χ4n) is 2.89. The molecule has 9 heteroatoms. The Hall–Kier alpha value is -1.07. The van der Waals surface area contributed by atoms with Gasteiger partial charge in [0.2, 0.25) is 0 Å². The maximum absolute atomic E-state index is 12.9. The number of nitrogens with one attached hydrogen (secondary N) is 1. The summed E-state index contributed by atoms with van der Waals surface area (Å²) in [4.78, 5) is 6.66. The summed E-state index contributed by atoms with van der Waals surface area (Å²) in [6.07, 6.45) is -3.41. The summed E-state index contributed by atoms with van der Waals surface area (Å²) in [5.74, 6) is 0.317. The second-order valence-corrected chi connectivity index (χ2v) is 7.40. The second-order valence-electron chi connectivity index (χ2n) is 7.40. The van der Waals surface area contributed by atoms with Crippen molar-refractivity contribution in [1.29, 1.82) is 0 Å². The lowest BCUT2D eigenvalue weighted by Crippen LogP contribution is -2.39. The zero-order chi connectivity index (χ0) is 19.9. The summed E-state index contributed by atoms with van der Waals surface area (Å²) < 4.78 is 44.0. The van der Waals surface area contributed by atoms with Crippen LogP contribution in [0.2, 0.25) is 0 Å². The molecule has 0 spiro atoms. The van der Waals surface area contributed by atoms with Gasteiger partial charge in [0, 0.05) is 25.0 Å². The van der Waals surface area contributed by atoms with Crippen molar-refractivity contribution in [3.63, 3.8) is 0 Å². The molecule has 0 atom stereocenters. The van der Waals surface area contributed by atoms with Crippen LogP contribution in [0, 0.1) is 0 Å². The van der Waals surface area contributed by atoms with E-state index in [2.05, 4.69) is 15.2 Å². The van der Waals surface area contributed by atoms with Gasteiger partial charge < -0.3 is 15.8 Å². The SMILES string of the molecule is CC(C)(CN=C(N)NCCCN1CCOCC1)c1cccc(C(F)(F)F)c1.I. The summed E-state index contributed by atoms with van der Waals surface area (Å²) in [5, 5.41) is 3.07. The molecule has 0 amide bonds. The van der Waals surface area contributed by atoms with Crippen molar-refractivity contribution in [3.8, 4) is 0 Å². The van der Waals surface area contributed by atoms with E-state index in [1.807, 2.05) is 13.8 Å². The fraction of sp³-hybridized carbons (Fsp3) is 0.632. The number of guanidine groups is 1. The van der Waals surface area contributed by atoms with Gasteiger partial charge in [0.25, 0.3) is 0 Å². The lowest BCUT2D eigenvalue weighted by Gasteiger charge is -2.26. The number of aliphatic imine (C=N–C) groups is 1. The molecule has 28 heavy (non-hydrogen) atoms. The molecule has 1 aliphatic rings. The number of nitrogens with two attached hydrogens (primary N) is 1. The molecule has 1 saturated heterocycles. The minimum absolute atomic E-state index is 0. The van der Waals surface area contributed by atoms with Gasteiger partial charge >= 0.3 is 6.18 Å². The molecule has 0 saturated carbocycles. The summed E-state index contributed by atoms with van der Waals surface area (Å²) in [6, 6.07) is 5.38. The van der Waals surface area contributed by atoms with Crippen LogP contribution in [-0.4, -0.2) is 56.8 Å². The lowest BCUT2D eigenvalue weighted by atomic mass is 9.84. The van der Waals surface area contributed by atoms with Crippen LogP contribution in [0.5, 0.6) is 0 Å². The van der Waals surface area contributed by atoms with Gasteiger partial charge in [-0.05, 0) is 24.6 Å². The van der Waals surface area contributed by atoms with Crippen LogP contribution in [0.1, 0.15) is 31.4 Å². The zero-order valence-electron chi connectivity index (χ0n) is 16.4. The fourth-order valence-corrected chi connectivity index (χ4v) is 2.89. The molecule has 0 unspecified atom stereocenters. The van der Waals surface area contributed by atoms with E-state index in [1.54, 1.807) is 6.07 Å². The first kappa shape index (κ1) is 25.0. The number of ether oxygens (including phenoxy) is 1. The van der Waals surface area contributed by atoms with Gasteiger partial charge in [-0.3, -0.25) is 9.89 Å². The average Bonchev–Trinajstić information content (AvgIpc) is 2.64. The van der Waals surface area contributed by atoms with Crippen LogP contribution in [0.3, 0.4) is 0 Å². The molecule has 1 aliphatic heterocycles. The molecular weight excluding hydrogens is 484 g/mol. The van der Waals surface area contributed by atoms with Gasteiger partial charge in [-0.1, -0.05) is 32.0 Å². The predicted molar refractivity (Wildman–Crippen MR) is 116 cm³/mol. The molecule has 1 aromatic carbocycles. The number of morpholine rings is 1. The third kappa shape index (κ3) is 8.12. The average molecular weight is 514 g/mol. The second kappa shape index (κ2) is 11.2. The normalized spacial score (nSPS) is 16.5. The summed E-state index contributed by atoms with van der Waals surface area (Å²) in [7, 11) is 0. The van der Waals surface area contributed by atoms with Crippen LogP contribution >= 0.6 is 24.0 Å². The first-order chi connectivity index (χ1) is 12.7. The number of nitrogens with zero attached hydrogens (tertiary/aromatic N) is 2. The van der Waals surface area contributed by atoms with E-state index in [4.69, 9.17) is 10.5 Å². The highest BCUT2D eigenvalue weighted by Crippen LogP contribution is 2.32. The Labute approximate surface area is 181 Å². The van der Waals surface area contributed by atoms with Gasteiger partial charge in [0.05, 0.1) is 25.3 Å². The molecule has 1 heterocycles. The van der Waals surface area contributed by atoms with Crippen molar-refractivity contribution in [1.82, 2.24) is 10.2 Å². The van der Waals surface area contributed by atoms with Crippen LogP contribution in [0.15, 0.2) is 29.3 Å². The Kier molecular flexibility index (Phi) is 9.99. The van der Waals surface area contributed by atoms with Gasteiger partial charge in [-0.15, -0.1) is 24.0 Å². The van der Waals surface area contributed by atoms with Crippen LogP contribution < -0.4 is 11.1 Å². The zero-order valence-corrected chi connectivity index (χ0v) is 18.7. The number of benzene rings is 1. The third-order valence-electron chi connectivity index (χ3n) is 4.68. The van der Waals surface area contributed by atoms with Crippen molar-refractivity contribution in [2.75, 3.05) is 45.9 Å². The molecule has 2 rings (SSSR count). The van der Waals surface area contributed by atoms with E-state index in [0.29, 0.717) is 24.6 Å². The number of alkyl halides is 3. The Bertz CT molecular complexity index is 632. The Morgan fingerprint density at radius 1 is 1.21 bits per heavy atom. The minimum Gasteiger partial charge on any atom is -0.379 e. The highest BCUT2D eigenvalue weighted by atomic mass is 127. The predicted octanol–water partition coefficient (Wildman–Crippen LogP) is 3.23. The van der Waals surface area contributed by atoms with Crippen molar-refractivity contribution < 1.29 is 17.9 Å². The lowest BCUT2D eigenvalue weighted by molar-refractivity contribution is -0.137. The molecular formula is C19H30F3IN4O. The largest absolute Gasteiger partial charge is 0.416 e. The molecule has 1 fully saturated rings. The van der Waals surface area contributed by atoms with Crippen molar-refractivity contribution >= 4 is 29.9 Å². The van der Waals surface area contributed by atoms with E-state index in [1.165, 1.54) is 12.1 Å². The maximum Gasteiger partial charge on any atom is 0.416 e. The van der Waals surface area contributed by atoms with Crippen LogP contribution in [0.25, 0.3) is 0 Å².